The monoisotopic (exact) mass is 304 g/mol. The van der Waals surface area contributed by atoms with Crippen molar-refractivity contribution in [3.63, 3.8) is 0 Å². The molecule has 1 aromatic carbocycles. The Morgan fingerprint density at radius 2 is 1.73 bits per heavy atom. The summed E-state index contributed by atoms with van der Waals surface area (Å²) in [5.41, 5.74) is 0.981. The van der Waals surface area contributed by atoms with Crippen LogP contribution in [0.25, 0.3) is 0 Å². The van der Waals surface area contributed by atoms with Gasteiger partial charge in [-0.25, -0.2) is 0 Å². The summed E-state index contributed by atoms with van der Waals surface area (Å²) in [6.07, 6.45) is 1.51. The number of hydrogen-bond donors (Lipinski definition) is 2. The second kappa shape index (κ2) is 8.97. The fourth-order valence-corrected chi connectivity index (χ4v) is 2.15. The van der Waals surface area contributed by atoms with Gasteiger partial charge < -0.3 is 10.6 Å². The van der Waals surface area contributed by atoms with Crippen LogP contribution in [-0.2, 0) is 14.4 Å². The van der Waals surface area contributed by atoms with Gasteiger partial charge in [-0.1, -0.05) is 50.6 Å². The van der Waals surface area contributed by atoms with Gasteiger partial charge >= 0.3 is 0 Å². The zero-order chi connectivity index (χ0) is 16.5. The first kappa shape index (κ1) is 17.9. The highest BCUT2D eigenvalue weighted by molar-refractivity contribution is 6.37. The average molecular weight is 304 g/mol. The minimum absolute atomic E-state index is 0.152. The molecule has 1 rings (SSSR count). The lowest BCUT2D eigenvalue weighted by atomic mass is 10.0. The molecule has 2 N–H and O–H groups in total. The Morgan fingerprint density at radius 3 is 2.32 bits per heavy atom. The van der Waals surface area contributed by atoms with Crippen molar-refractivity contribution in [2.45, 2.75) is 39.7 Å². The number of carbonyl (C=O) groups excluding carboxylic acids is 3. The summed E-state index contributed by atoms with van der Waals surface area (Å²) >= 11 is 0. The fraction of sp³-hybridized carbons (Fsp3) is 0.471. The summed E-state index contributed by atoms with van der Waals surface area (Å²) in [6, 6.07) is 9.38. The Morgan fingerprint density at radius 1 is 1.09 bits per heavy atom. The Hall–Kier alpha value is -2.17. The van der Waals surface area contributed by atoms with E-state index in [4.69, 9.17) is 0 Å². The second-order valence-electron chi connectivity index (χ2n) is 5.44. The summed E-state index contributed by atoms with van der Waals surface area (Å²) in [6.45, 7) is 5.35. The van der Waals surface area contributed by atoms with Crippen molar-refractivity contribution in [1.82, 2.24) is 10.6 Å². The molecule has 2 amide bonds. The lowest BCUT2D eigenvalue weighted by Gasteiger charge is -2.15. The first-order valence-electron chi connectivity index (χ1n) is 7.62. The van der Waals surface area contributed by atoms with Crippen LogP contribution in [0, 0.1) is 5.92 Å². The summed E-state index contributed by atoms with van der Waals surface area (Å²) < 4.78 is 0. The third kappa shape index (κ3) is 5.68. The van der Waals surface area contributed by atoms with E-state index in [9.17, 15) is 14.4 Å². The van der Waals surface area contributed by atoms with Crippen molar-refractivity contribution in [2.75, 3.05) is 6.54 Å². The fourth-order valence-electron chi connectivity index (χ4n) is 2.15. The van der Waals surface area contributed by atoms with Crippen molar-refractivity contribution in [1.29, 1.82) is 0 Å². The van der Waals surface area contributed by atoms with Crippen molar-refractivity contribution < 1.29 is 14.4 Å². The minimum atomic E-state index is -0.691. The zero-order valence-corrected chi connectivity index (χ0v) is 13.4. The molecule has 0 heterocycles. The molecule has 0 saturated carbocycles. The maximum absolute atomic E-state index is 11.8. The lowest BCUT2D eigenvalue weighted by molar-refractivity contribution is -0.140. The Bertz CT molecular complexity index is 514. The molecule has 0 aliphatic rings. The number of hydrogen-bond acceptors (Lipinski definition) is 3. The summed E-state index contributed by atoms with van der Waals surface area (Å²) in [5.74, 6) is -1.79. The molecule has 0 aliphatic carbocycles. The van der Waals surface area contributed by atoms with Gasteiger partial charge in [-0.05, 0) is 18.9 Å². The van der Waals surface area contributed by atoms with Gasteiger partial charge in [0.25, 0.3) is 5.91 Å². The van der Waals surface area contributed by atoms with Gasteiger partial charge in [-0.2, -0.15) is 0 Å². The van der Waals surface area contributed by atoms with Crippen LogP contribution >= 0.6 is 0 Å². The standard InChI is InChI=1S/C17H24N2O3/c1-4-8-12(2)16(21)17(22)18-11-15(20)19-13(3)14-9-6-5-7-10-14/h5-7,9-10,12-13H,4,8,11H2,1-3H3,(H,18,22)(H,19,20). The van der Waals surface area contributed by atoms with E-state index in [-0.39, 0.29) is 24.4 Å². The zero-order valence-electron chi connectivity index (χ0n) is 13.4. The highest BCUT2D eigenvalue weighted by Crippen LogP contribution is 2.10. The first-order chi connectivity index (χ1) is 10.5. The number of rotatable bonds is 8. The third-order valence-corrected chi connectivity index (χ3v) is 3.48. The smallest absolute Gasteiger partial charge is 0.288 e. The molecule has 5 heteroatoms. The van der Waals surface area contributed by atoms with Gasteiger partial charge in [0.05, 0.1) is 12.6 Å². The van der Waals surface area contributed by atoms with Crippen LogP contribution in [0.5, 0.6) is 0 Å². The average Bonchev–Trinajstić information content (AvgIpc) is 2.52. The Balaban J connectivity index is 2.40. The van der Waals surface area contributed by atoms with Crippen LogP contribution in [0.3, 0.4) is 0 Å². The molecule has 0 bridgehead atoms. The van der Waals surface area contributed by atoms with Crippen LogP contribution in [0.4, 0.5) is 0 Å². The topological polar surface area (TPSA) is 75.3 Å². The van der Waals surface area contributed by atoms with E-state index in [1.807, 2.05) is 44.2 Å². The van der Waals surface area contributed by atoms with Gasteiger partial charge in [0.1, 0.15) is 0 Å². The molecule has 5 nitrogen and oxygen atoms in total. The number of benzene rings is 1. The molecular weight excluding hydrogens is 280 g/mol. The number of amides is 2. The summed E-state index contributed by atoms with van der Waals surface area (Å²) in [7, 11) is 0. The van der Waals surface area contributed by atoms with E-state index < -0.39 is 11.7 Å². The van der Waals surface area contributed by atoms with E-state index >= 15 is 0 Å². The maximum Gasteiger partial charge on any atom is 0.288 e. The summed E-state index contributed by atoms with van der Waals surface area (Å²) in [5, 5.41) is 5.16. The van der Waals surface area contributed by atoms with E-state index in [0.29, 0.717) is 6.42 Å². The molecule has 2 unspecified atom stereocenters. The number of ketones is 1. The molecule has 0 spiro atoms. The van der Waals surface area contributed by atoms with E-state index in [2.05, 4.69) is 10.6 Å². The molecule has 120 valence electrons. The van der Waals surface area contributed by atoms with Gasteiger partial charge in [0.15, 0.2) is 0 Å². The molecule has 0 fully saturated rings. The molecular formula is C17H24N2O3. The van der Waals surface area contributed by atoms with Crippen LogP contribution in [0.2, 0.25) is 0 Å². The quantitative estimate of drug-likeness (QED) is 0.721. The van der Waals surface area contributed by atoms with Gasteiger partial charge in [-0.3, -0.25) is 14.4 Å². The van der Waals surface area contributed by atoms with Gasteiger partial charge in [-0.15, -0.1) is 0 Å². The molecule has 2 atom stereocenters. The number of carbonyl (C=O) groups is 3. The highest BCUT2D eigenvalue weighted by Gasteiger charge is 2.21. The number of Topliss-reactive ketones (excluding diaryl/α,β-unsaturated/α-hetero) is 1. The van der Waals surface area contributed by atoms with Crippen LogP contribution < -0.4 is 10.6 Å². The Kier molecular flexibility index (Phi) is 7.29. The van der Waals surface area contributed by atoms with E-state index in [0.717, 1.165) is 12.0 Å². The molecule has 22 heavy (non-hydrogen) atoms. The van der Waals surface area contributed by atoms with Crippen molar-refractivity contribution in [3.8, 4) is 0 Å². The SMILES string of the molecule is CCCC(C)C(=O)C(=O)NCC(=O)NC(C)c1ccccc1. The molecule has 1 aromatic rings. The van der Waals surface area contributed by atoms with Crippen LogP contribution in [0.15, 0.2) is 30.3 Å². The van der Waals surface area contributed by atoms with Gasteiger partial charge in [0, 0.05) is 5.92 Å². The van der Waals surface area contributed by atoms with Crippen molar-refractivity contribution >= 4 is 17.6 Å². The van der Waals surface area contributed by atoms with Crippen molar-refractivity contribution in [3.05, 3.63) is 35.9 Å². The third-order valence-electron chi connectivity index (χ3n) is 3.48. The Labute approximate surface area is 131 Å². The lowest BCUT2D eigenvalue weighted by Crippen LogP contribution is -2.42. The van der Waals surface area contributed by atoms with E-state index in [1.165, 1.54) is 0 Å². The molecule has 0 aromatic heterocycles. The van der Waals surface area contributed by atoms with Crippen molar-refractivity contribution in [2.24, 2.45) is 5.92 Å². The number of nitrogens with one attached hydrogen (secondary N) is 2. The first-order valence-corrected chi connectivity index (χ1v) is 7.62. The predicted molar refractivity (Wildman–Crippen MR) is 85.1 cm³/mol. The van der Waals surface area contributed by atoms with Crippen LogP contribution in [-0.4, -0.2) is 24.1 Å². The second-order valence-corrected chi connectivity index (χ2v) is 5.44. The minimum Gasteiger partial charge on any atom is -0.348 e. The van der Waals surface area contributed by atoms with Gasteiger partial charge in [0.2, 0.25) is 11.7 Å². The largest absolute Gasteiger partial charge is 0.348 e. The predicted octanol–water partition coefficient (Wildman–Crippen LogP) is 1.99. The molecule has 0 saturated heterocycles. The van der Waals surface area contributed by atoms with E-state index in [1.54, 1.807) is 6.92 Å². The summed E-state index contributed by atoms with van der Waals surface area (Å²) in [4.78, 5) is 35.2. The molecule has 0 aliphatic heterocycles. The maximum atomic E-state index is 11.8. The highest BCUT2D eigenvalue weighted by atomic mass is 16.2. The van der Waals surface area contributed by atoms with Crippen LogP contribution in [0.1, 0.15) is 45.2 Å². The molecule has 0 radical (unpaired) electrons. The normalized spacial score (nSPS) is 13.0.